The predicted molar refractivity (Wildman–Crippen MR) is 90.1 cm³/mol. The van der Waals surface area contributed by atoms with Gasteiger partial charge in [0.15, 0.2) is 11.4 Å². The second kappa shape index (κ2) is 10.5. The number of rotatable bonds is 9. The molecule has 0 aliphatic carbocycles. The van der Waals surface area contributed by atoms with E-state index in [9.17, 15) is 0 Å². The van der Waals surface area contributed by atoms with Gasteiger partial charge < -0.3 is 20.1 Å². The molecule has 0 aromatic heterocycles. The summed E-state index contributed by atoms with van der Waals surface area (Å²) in [5.41, 5.74) is 1.20. The average molecular weight is 310 g/mol. The van der Waals surface area contributed by atoms with Gasteiger partial charge >= 0.3 is 0 Å². The first-order valence-corrected chi connectivity index (χ1v) is 7.88. The molecule has 5 heteroatoms. The molecule has 1 atom stereocenters. The minimum atomic E-state index is -0.181. The van der Waals surface area contributed by atoms with Crippen molar-refractivity contribution in [3.05, 3.63) is 35.9 Å². The molecule has 118 valence electrons. The van der Waals surface area contributed by atoms with Gasteiger partial charge in [0.1, 0.15) is 0 Å². The second-order valence-electron chi connectivity index (χ2n) is 4.79. The van der Waals surface area contributed by atoms with Crippen LogP contribution in [0.3, 0.4) is 0 Å². The van der Waals surface area contributed by atoms with Crippen LogP contribution in [-0.2, 0) is 16.0 Å². The van der Waals surface area contributed by atoms with E-state index in [1.165, 1.54) is 5.56 Å². The number of benzene rings is 1. The molecule has 0 aliphatic rings. The topological polar surface area (TPSA) is 42.5 Å². The van der Waals surface area contributed by atoms with Crippen LogP contribution in [0.2, 0.25) is 0 Å². The molecular weight excluding hydrogens is 284 g/mol. The zero-order valence-electron chi connectivity index (χ0n) is 13.1. The highest BCUT2D eigenvalue weighted by atomic mass is 32.1. The molecule has 0 amide bonds. The molecule has 0 radical (unpaired) electrons. The van der Waals surface area contributed by atoms with Gasteiger partial charge in [-0.3, -0.25) is 0 Å². The lowest BCUT2D eigenvalue weighted by molar-refractivity contribution is -0.141. The highest BCUT2D eigenvalue weighted by molar-refractivity contribution is 7.80. The molecular formula is C16H26N2O2S. The minimum Gasteiger partial charge on any atom is -0.360 e. The smallest absolute Gasteiger partial charge is 0.166 e. The van der Waals surface area contributed by atoms with Crippen LogP contribution in [0.4, 0.5) is 0 Å². The lowest BCUT2D eigenvalue weighted by Crippen LogP contribution is -2.42. The Morgan fingerprint density at radius 2 is 1.76 bits per heavy atom. The number of hydrogen-bond acceptors (Lipinski definition) is 3. The molecule has 1 aromatic rings. The van der Waals surface area contributed by atoms with Crippen LogP contribution in [0, 0.1) is 0 Å². The zero-order valence-corrected chi connectivity index (χ0v) is 13.9. The summed E-state index contributed by atoms with van der Waals surface area (Å²) in [4.78, 5) is 0. The summed E-state index contributed by atoms with van der Waals surface area (Å²) in [5.74, 6) is 0. The molecule has 0 unspecified atom stereocenters. The standard InChI is InChI=1S/C16H26N2O2S/c1-4-19-15(20-5-2)11-13(3)18-16(21)17-12-14-9-7-6-8-10-14/h6-10,13,15H,4-5,11-12H2,1-3H3,(H2,17,18,21)/t13-/m1/s1. The fourth-order valence-electron chi connectivity index (χ4n) is 1.96. The van der Waals surface area contributed by atoms with Crippen molar-refractivity contribution in [2.24, 2.45) is 0 Å². The Balaban J connectivity index is 2.29. The summed E-state index contributed by atoms with van der Waals surface area (Å²) < 4.78 is 11.1. The molecule has 0 bridgehead atoms. The third-order valence-corrected chi connectivity index (χ3v) is 3.19. The van der Waals surface area contributed by atoms with Gasteiger partial charge in [-0.05, 0) is 38.6 Å². The van der Waals surface area contributed by atoms with Crippen molar-refractivity contribution in [2.75, 3.05) is 13.2 Å². The molecule has 0 spiro atoms. The molecule has 0 saturated heterocycles. The van der Waals surface area contributed by atoms with Crippen LogP contribution in [-0.4, -0.2) is 30.7 Å². The van der Waals surface area contributed by atoms with E-state index in [4.69, 9.17) is 21.7 Å². The lowest BCUT2D eigenvalue weighted by atomic mass is 10.2. The molecule has 0 heterocycles. The van der Waals surface area contributed by atoms with Crippen molar-refractivity contribution < 1.29 is 9.47 Å². The molecule has 1 aromatic carbocycles. The van der Waals surface area contributed by atoms with Gasteiger partial charge in [0, 0.05) is 32.2 Å². The molecule has 4 nitrogen and oxygen atoms in total. The zero-order chi connectivity index (χ0) is 15.5. The summed E-state index contributed by atoms with van der Waals surface area (Å²) in [5, 5.41) is 7.11. The quantitative estimate of drug-likeness (QED) is 0.542. The van der Waals surface area contributed by atoms with Crippen molar-refractivity contribution in [1.82, 2.24) is 10.6 Å². The van der Waals surface area contributed by atoms with Gasteiger partial charge in [-0.25, -0.2) is 0 Å². The third-order valence-electron chi connectivity index (χ3n) is 2.92. The molecule has 21 heavy (non-hydrogen) atoms. The van der Waals surface area contributed by atoms with E-state index in [0.717, 1.165) is 13.0 Å². The number of ether oxygens (including phenoxy) is 2. The van der Waals surface area contributed by atoms with E-state index in [0.29, 0.717) is 18.3 Å². The van der Waals surface area contributed by atoms with E-state index in [2.05, 4.69) is 29.7 Å². The Kier molecular flexibility index (Phi) is 8.98. The van der Waals surface area contributed by atoms with Gasteiger partial charge in [-0.1, -0.05) is 30.3 Å². The van der Waals surface area contributed by atoms with Crippen molar-refractivity contribution in [2.45, 2.75) is 46.1 Å². The normalized spacial score (nSPS) is 12.2. The first-order chi connectivity index (χ1) is 10.2. The maximum Gasteiger partial charge on any atom is 0.166 e. The summed E-state index contributed by atoms with van der Waals surface area (Å²) in [6.07, 6.45) is 0.578. The van der Waals surface area contributed by atoms with Crippen molar-refractivity contribution in [3.8, 4) is 0 Å². The van der Waals surface area contributed by atoms with Crippen LogP contribution in [0.25, 0.3) is 0 Å². The van der Waals surface area contributed by atoms with E-state index in [-0.39, 0.29) is 12.3 Å². The molecule has 0 aliphatic heterocycles. The van der Waals surface area contributed by atoms with Crippen LogP contribution in [0.15, 0.2) is 30.3 Å². The Bertz CT molecular complexity index is 395. The molecule has 0 saturated carbocycles. The minimum absolute atomic E-state index is 0.181. The Hall–Kier alpha value is -1.17. The summed E-state index contributed by atoms with van der Waals surface area (Å²) in [6.45, 7) is 8.02. The van der Waals surface area contributed by atoms with Gasteiger partial charge in [-0.15, -0.1) is 0 Å². The van der Waals surface area contributed by atoms with E-state index in [1.807, 2.05) is 32.0 Å². The van der Waals surface area contributed by atoms with Crippen LogP contribution >= 0.6 is 12.2 Å². The van der Waals surface area contributed by atoms with Crippen LogP contribution in [0.5, 0.6) is 0 Å². The van der Waals surface area contributed by atoms with E-state index >= 15 is 0 Å². The molecule has 1 rings (SSSR count). The van der Waals surface area contributed by atoms with E-state index < -0.39 is 0 Å². The van der Waals surface area contributed by atoms with Crippen molar-refractivity contribution in [3.63, 3.8) is 0 Å². The first-order valence-electron chi connectivity index (χ1n) is 7.47. The Morgan fingerprint density at radius 1 is 1.14 bits per heavy atom. The van der Waals surface area contributed by atoms with Crippen molar-refractivity contribution in [1.29, 1.82) is 0 Å². The summed E-state index contributed by atoms with van der Waals surface area (Å²) in [6, 6.07) is 10.4. The number of nitrogens with one attached hydrogen (secondary N) is 2. The highest BCUT2D eigenvalue weighted by Crippen LogP contribution is 2.05. The average Bonchev–Trinajstić information content (AvgIpc) is 2.46. The fraction of sp³-hybridized carbons (Fsp3) is 0.562. The molecule has 0 fully saturated rings. The summed E-state index contributed by atoms with van der Waals surface area (Å²) >= 11 is 5.31. The second-order valence-corrected chi connectivity index (χ2v) is 5.20. The summed E-state index contributed by atoms with van der Waals surface area (Å²) in [7, 11) is 0. The van der Waals surface area contributed by atoms with Gasteiger partial charge in [0.2, 0.25) is 0 Å². The maximum atomic E-state index is 5.54. The fourth-order valence-corrected chi connectivity index (χ4v) is 2.23. The van der Waals surface area contributed by atoms with Gasteiger partial charge in [-0.2, -0.15) is 0 Å². The van der Waals surface area contributed by atoms with Crippen molar-refractivity contribution >= 4 is 17.3 Å². The highest BCUT2D eigenvalue weighted by Gasteiger charge is 2.13. The molecule has 2 N–H and O–H groups in total. The van der Waals surface area contributed by atoms with Crippen LogP contribution in [0.1, 0.15) is 32.8 Å². The number of hydrogen-bond donors (Lipinski definition) is 2. The van der Waals surface area contributed by atoms with Crippen LogP contribution < -0.4 is 10.6 Å². The van der Waals surface area contributed by atoms with E-state index in [1.54, 1.807) is 0 Å². The Morgan fingerprint density at radius 3 is 2.33 bits per heavy atom. The Labute approximate surface area is 133 Å². The predicted octanol–water partition coefficient (Wildman–Crippen LogP) is 2.83. The monoisotopic (exact) mass is 310 g/mol. The largest absolute Gasteiger partial charge is 0.360 e. The SMILES string of the molecule is CCOC(C[C@@H](C)NC(=S)NCc1ccccc1)OCC. The third kappa shape index (κ3) is 7.99. The first kappa shape index (κ1) is 17.9. The lowest BCUT2D eigenvalue weighted by Gasteiger charge is -2.22. The number of thiocarbonyl (C=S) groups is 1. The van der Waals surface area contributed by atoms with Gasteiger partial charge in [0.05, 0.1) is 0 Å². The maximum absolute atomic E-state index is 5.54. The van der Waals surface area contributed by atoms with Gasteiger partial charge in [0.25, 0.3) is 0 Å².